The van der Waals surface area contributed by atoms with Crippen molar-refractivity contribution in [1.82, 2.24) is 9.80 Å². The Morgan fingerprint density at radius 3 is 2.61 bits per heavy atom. The van der Waals surface area contributed by atoms with Crippen LogP contribution in [0.15, 0.2) is 18.2 Å². The molecule has 3 rings (SSSR count). The van der Waals surface area contributed by atoms with Crippen molar-refractivity contribution in [3.05, 3.63) is 33.8 Å². The van der Waals surface area contributed by atoms with E-state index in [4.69, 9.17) is 23.2 Å². The highest BCUT2D eigenvalue weighted by molar-refractivity contribution is 6.35. The monoisotopic (exact) mass is 356 g/mol. The van der Waals surface area contributed by atoms with Gasteiger partial charge in [0.2, 0.25) is 0 Å². The molecular formula is C17H22Cl2N2O2. The number of hydrogen-bond donors (Lipinski definition) is 1. The molecular weight excluding hydrogens is 335 g/mol. The predicted octanol–water partition coefficient (Wildman–Crippen LogP) is 2.91. The number of amides is 1. The van der Waals surface area contributed by atoms with Crippen LogP contribution in [0, 0.1) is 5.41 Å². The lowest BCUT2D eigenvalue weighted by Gasteiger charge is -2.53. The molecule has 1 aromatic rings. The van der Waals surface area contributed by atoms with Crippen LogP contribution < -0.4 is 0 Å². The number of fused-ring (bicyclic) bond motifs is 1. The van der Waals surface area contributed by atoms with Gasteiger partial charge in [-0.05, 0) is 51.1 Å². The second kappa shape index (κ2) is 6.60. The van der Waals surface area contributed by atoms with E-state index in [1.54, 1.807) is 18.2 Å². The summed E-state index contributed by atoms with van der Waals surface area (Å²) in [5, 5.41) is 10.9. The molecule has 2 saturated heterocycles. The van der Waals surface area contributed by atoms with E-state index in [2.05, 4.69) is 11.9 Å². The molecule has 0 aliphatic carbocycles. The SMILES string of the molecule is CN1CCC[C@]2(CO)CCN(C(=O)c3cc(Cl)cc(Cl)c3)C[C@@H]12. The van der Waals surface area contributed by atoms with Crippen molar-refractivity contribution in [2.24, 2.45) is 5.41 Å². The van der Waals surface area contributed by atoms with E-state index in [0.29, 0.717) is 28.7 Å². The highest BCUT2D eigenvalue weighted by Gasteiger charge is 2.47. The van der Waals surface area contributed by atoms with Gasteiger partial charge in [0.15, 0.2) is 0 Å². The average molecular weight is 357 g/mol. The Balaban J connectivity index is 1.81. The number of aliphatic hydroxyl groups excluding tert-OH is 1. The highest BCUT2D eigenvalue weighted by atomic mass is 35.5. The summed E-state index contributed by atoms with van der Waals surface area (Å²) in [6.07, 6.45) is 2.97. The van der Waals surface area contributed by atoms with E-state index in [1.807, 2.05) is 4.90 Å². The fourth-order valence-electron chi connectivity index (χ4n) is 4.06. The zero-order valence-corrected chi connectivity index (χ0v) is 14.8. The van der Waals surface area contributed by atoms with Crippen LogP contribution in [0.1, 0.15) is 29.6 Å². The molecule has 1 amide bonds. The van der Waals surface area contributed by atoms with Gasteiger partial charge in [0, 0.05) is 40.2 Å². The molecule has 23 heavy (non-hydrogen) atoms. The first-order valence-corrected chi connectivity index (χ1v) is 8.77. The van der Waals surface area contributed by atoms with E-state index in [0.717, 1.165) is 25.8 Å². The molecule has 126 valence electrons. The zero-order chi connectivity index (χ0) is 16.6. The van der Waals surface area contributed by atoms with Crippen LogP contribution in [0.2, 0.25) is 10.0 Å². The summed E-state index contributed by atoms with van der Waals surface area (Å²) in [4.78, 5) is 17.0. The molecule has 1 aromatic carbocycles. The van der Waals surface area contributed by atoms with E-state index < -0.39 is 0 Å². The van der Waals surface area contributed by atoms with Gasteiger partial charge in [0.25, 0.3) is 5.91 Å². The van der Waals surface area contributed by atoms with E-state index in [1.165, 1.54) is 0 Å². The number of aliphatic hydroxyl groups is 1. The summed E-state index contributed by atoms with van der Waals surface area (Å²) in [6.45, 7) is 2.50. The molecule has 2 aliphatic heterocycles. The summed E-state index contributed by atoms with van der Waals surface area (Å²) in [5.41, 5.74) is 0.452. The predicted molar refractivity (Wildman–Crippen MR) is 92.2 cm³/mol. The summed E-state index contributed by atoms with van der Waals surface area (Å²) in [6, 6.07) is 5.15. The summed E-state index contributed by atoms with van der Waals surface area (Å²) in [7, 11) is 2.08. The fraction of sp³-hybridized carbons (Fsp3) is 0.588. The maximum Gasteiger partial charge on any atom is 0.254 e. The third-order valence-corrected chi connectivity index (χ3v) is 5.85. The van der Waals surface area contributed by atoms with Gasteiger partial charge in [-0.15, -0.1) is 0 Å². The third kappa shape index (κ3) is 3.22. The standard InChI is InChI=1S/C17H22Cl2N2O2/c1-20-5-2-3-17(11-22)4-6-21(10-15(17)20)16(23)12-7-13(18)9-14(19)8-12/h7-9,15,22H,2-6,10-11H2,1H3/t15-,17-/m1/s1. The minimum atomic E-state index is -0.0737. The minimum absolute atomic E-state index is 0.0417. The van der Waals surface area contributed by atoms with Gasteiger partial charge in [0.05, 0.1) is 6.61 Å². The third-order valence-electron chi connectivity index (χ3n) is 5.41. The van der Waals surface area contributed by atoms with Crippen LogP contribution in [0.3, 0.4) is 0 Å². The molecule has 4 nitrogen and oxygen atoms in total. The molecule has 0 saturated carbocycles. The first-order chi connectivity index (χ1) is 10.9. The number of carbonyl (C=O) groups excluding carboxylic acids is 1. The van der Waals surface area contributed by atoms with Crippen LogP contribution in [0.4, 0.5) is 0 Å². The number of likely N-dealkylation sites (N-methyl/N-ethyl adjacent to an activating group) is 1. The van der Waals surface area contributed by atoms with Crippen molar-refractivity contribution in [3.63, 3.8) is 0 Å². The normalized spacial score (nSPS) is 28.5. The van der Waals surface area contributed by atoms with Gasteiger partial charge in [0.1, 0.15) is 0 Å². The topological polar surface area (TPSA) is 43.8 Å². The van der Waals surface area contributed by atoms with Crippen molar-refractivity contribution < 1.29 is 9.90 Å². The summed E-state index contributed by atoms with van der Waals surface area (Å²) >= 11 is 12.0. The quantitative estimate of drug-likeness (QED) is 0.885. The summed E-state index contributed by atoms with van der Waals surface area (Å²) < 4.78 is 0. The minimum Gasteiger partial charge on any atom is -0.396 e. The summed E-state index contributed by atoms with van der Waals surface area (Å²) in [5.74, 6) is -0.0417. The fourth-order valence-corrected chi connectivity index (χ4v) is 4.59. The largest absolute Gasteiger partial charge is 0.396 e. The zero-order valence-electron chi connectivity index (χ0n) is 13.3. The Bertz CT molecular complexity index is 590. The Labute approximate surface area is 147 Å². The molecule has 6 heteroatoms. The lowest BCUT2D eigenvalue weighted by molar-refractivity contribution is -0.0601. The second-order valence-corrected chi connectivity index (χ2v) is 7.65. The Hall–Kier alpha value is -0.810. The number of halogens is 2. The Morgan fingerprint density at radius 1 is 1.26 bits per heavy atom. The lowest BCUT2D eigenvalue weighted by Crippen LogP contribution is -2.62. The van der Waals surface area contributed by atoms with Gasteiger partial charge in [-0.1, -0.05) is 23.2 Å². The number of likely N-dealkylation sites (tertiary alicyclic amines) is 2. The van der Waals surface area contributed by atoms with Crippen LogP contribution in [0.25, 0.3) is 0 Å². The molecule has 0 spiro atoms. The number of hydrogen-bond acceptors (Lipinski definition) is 3. The molecule has 0 radical (unpaired) electrons. The first-order valence-electron chi connectivity index (χ1n) is 8.02. The van der Waals surface area contributed by atoms with Crippen molar-refractivity contribution in [3.8, 4) is 0 Å². The van der Waals surface area contributed by atoms with Crippen LogP contribution in [-0.4, -0.2) is 60.1 Å². The number of carbonyl (C=O) groups is 1. The Morgan fingerprint density at radius 2 is 1.96 bits per heavy atom. The van der Waals surface area contributed by atoms with Crippen molar-refractivity contribution >= 4 is 29.1 Å². The Kier molecular flexibility index (Phi) is 4.88. The maximum absolute atomic E-state index is 12.8. The lowest BCUT2D eigenvalue weighted by atomic mass is 9.69. The molecule has 2 aliphatic rings. The number of piperidine rings is 2. The number of nitrogens with zero attached hydrogens (tertiary/aromatic N) is 2. The van der Waals surface area contributed by atoms with Crippen molar-refractivity contribution in [1.29, 1.82) is 0 Å². The van der Waals surface area contributed by atoms with Gasteiger partial charge < -0.3 is 14.9 Å². The number of benzene rings is 1. The van der Waals surface area contributed by atoms with Crippen LogP contribution >= 0.6 is 23.2 Å². The van der Waals surface area contributed by atoms with Crippen molar-refractivity contribution in [2.45, 2.75) is 25.3 Å². The molecule has 2 atom stereocenters. The average Bonchev–Trinajstić information content (AvgIpc) is 2.53. The molecule has 2 heterocycles. The van der Waals surface area contributed by atoms with E-state index in [9.17, 15) is 9.90 Å². The molecule has 0 aromatic heterocycles. The van der Waals surface area contributed by atoms with Crippen molar-refractivity contribution in [2.75, 3.05) is 33.3 Å². The second-order valence-electron chi connectivity index (χ2n) is 6.78. The smallest absolute Gasteiger partial charge is 0.254 e. The first kappa shape index (κ1) is 17.0. The van der Waals surface area contributed by atoms with Gasteiger partial charge in [-0.2, -0.15) is 0 Å². The van der Waals surface area contributed by atoms with Crippen LogP contribution in [-0.2, 0) is 0 Å². The van der Waals surface area contributed by atoms with E-state index >= 15 is 0 Å². The molecule has 1 N–H and O–H groups in total. The van der Waals surface area contributed by atoms with E-state index in [-0.39, 0.29) is 24.0 Å². The maximum atomic E-state index is 12.8. The van der Waals surface area contributed by atoms with Gasteiger partial charge in [-0.3, -0.25) is 4.79 Å². The number of rotatable bonds is 2. The highest BCUT2D eigenvalue weighted by Crippen LogP contribution is 2.41. The van der Waals surface area contributed by atoms with Gasteiger partial charge in [-0.25, -0.2) is 0 Å². The molecule has 2 fully saturated rings. The van der Waals surface area contributed by atoms with Crippen LogP contribution in [0.5, 0.6) is 0 Å². The molecule has 0 unspecified atom stereocenters. The molecule has 0 bridgehead atoms. The van der Waals surface area contributed by atoms with Gasteiger partial charge >= 0.3 is 0 Å².